The van der Waals surface area contributed by atoms with Crippen LogP contribution in [0.1, 0.15) is 48.4 Å². The molecule has 0 spiro atoms. The summed E-state index contributed by atoms with van der Waals surface area (Å²) < 4.78 is 0. The quantitative estimate of drug-likeness (QED) is 0.837. The zero-order chi connectivity index (χ0) is 11.8. The number of hydrogen-bond donors (Lipinski definition) is 1. The third kappa shape index (κ3) is 2.49. The van der Waals surface area contributed by atoms with Gasteiger partial charge >= 0.3 is 0 Å². The van der Waals surface area contributed by atoms with Gasteiger partial charge in [-0.05, 0) is 43.7 Å². The van der Waals surface area contributed by atoms with E-state index in [1.54, 1.807) is 0 Å². The van der Waals surface area contributed by atoms with Gasteiger partial charge in [-0.15, -0.1) is 11.3 Å². The van der Waals surface area contributed by atoms with E-state index in [0.717, 1.165) is 6.54 Å². The largest absolute Gasteiger partial charge is 0.309 e. The van der Waals surface area contributed by atoms with Crippen molar-refractivity contribution in [3.8, 4) is 0 Å². The van der Waals surface area contributed by atoms with Crippen LogP contribution in [0.5, 0.6) is 0 Å². The zero-order valence-corrected chi connectivity index (χ0v) is 11.7. The molecule has 1 aliphatic carbocycles. The molecule has 16 heavy (non-hydrogen) atoms. The van der Waals surface area contributed by atoms with Crippen molar-refractivity contribution in [2.24, 2.45) is 5.41 Å². The lowest BCUT2D eigenvalue weighted by Crippen LogP contribution is -2.36. The Morgan fingerprint density at radius 1 is 1.44 bits per heavy atom. The van der Waals surface area contributed by atoms with Crippen LogP contribution in [0.3, 0.4) is 0 Å². The molecule has 1 aromatic heterocycles. The normalized spacial score (nSPS) is 23.9. The zero-order valence-electron chi connectivity index (χ0n) is 10.9. The molecule has 2 rings (SSSR count). The third-order valence-corrected chi connectivity index (χ3v) is 5.15. The van der Waals surface area contributed by atoms with E-state index in [1.165, 1.54) is 34.6 Å². The van der Waals surface area contributed by atoms with Crippen LogP contribution >= 0.6 is 11.3 Å². The Bertz CT molecular complexity index is 345. The Hall–Kier alpha value is -0.340. The third-order valence-electron chi connectivity index (χ3n) is 4.00. The molecule has 2 heteroatoms. The first kappa shape index (κ1) is 12.1. The molecule has 1 atom stereocenters. The van der Waals surface area contributed by atoms with E-state index in [0.29, 0.717) is 11.5 Å². The summed E-state index contributed by atoms with van der Waals surface area (Å²) >= 11 is 1.94. The molecule has 1 saturated carbocycles. The summed E-state index contributed by atoms with van der Waals surface area (Å²) in [5.41, 5.74) is 1.92. The SMILES string of the molecule is Cc1cc(CNC2CCCC2(C)C)sc1C. The number of aryl methyl sites for hydroxylation is 2. The van der Waals surface area contributed by atoms with Gasteiger partial charge in [-0.1, -0.05) is 20.3 Å². The standard InChI is InChI=1S/C14H23NS/c1-10-8-12(16-11(10)2)9-15-13-6-5-7-14(13,3)4/h8,13,15H,5-7,9H2,1-4H3. The highest BCUT2D eigenvalue weighted by Crippen LogP contribution is 2.37. The Morgan fingerprint density at radius 3 is 2.69 bits per heavy atom. The predicted molar refractivity (Wildman–Crippen MR) is 72.1 cm³/mol. The molecule has 0 aliphatic heterocycles. The first-order chi connectivity index (χ1) is 7.49. The minimum atomic E-state index is 0.487. The number of hydrogen-bond acceptors (Lipinski definition) is 2. The van der Waals surface area contributed by atoms with Crippen molar-refractivity contribution in [3.63, 3.8) is 0 Å². The molecule has 1 nitrogen and oxygen atoms in total. The fourth-order valence-electron chi connectivity index (χ4n) is 2.67. The molecule has 0 aromatic carbocycles. The van der Waals surface area contributed by atoms with Crippen molar-refractivity contribution in [1.29, 1.82) is 0 Å². The summed E-state index contributed by atoms with van der Waals surface area (Å²) in [5, 5.41) is 3.74. The lowest BCUT2D eigenvalue weighted by molar-refractivity contribution is 0.283. The van der Waals surface area contributed by atoms with Crippen LogP contribution in [-0.2, 0) is 6.54 Å². The smallest absolute Gasteiger partial charge is 0.0302 e. The van der Waals surface area contributed by atoms with Gasteiger partial charge in [0.05, 0.1) is 0 Å². The highest BCUT2D eigenvalue weighted by Gasteiger charge is 2.33. The monoisotopic (exact) mass is 237 g/mol. The van der Waals surface area contributed by atoms with Crippen molar-refractivity contribution >= 4 is 11.3 Å². The van der Waals surface area contributed by atoms with Gasteiger partial charge < -0.3 is 5.32 Å². The molecule has 1 N–H and O–H groups in total. The summed E-state index contributed by atoms with van der Waals surface area (Å²) in [5.74, 6) is 0. The highest BCUT2D eigenvalue weighted by atomic mass is 32.1. The first-order valence-corrected chi connectivity index (χ1v) is 7.10. The molecule has 90 valence electrons. The van der Waals surface area contributed by atoms with Crippen molar-refractivity contribution in [2.75, 3.05) is 0 Å². The fourth-order valence-corrected chi connectivity index (χ4v) is 3.67. The maximum Gasteiger partial charge on any atom is 0.0302 e. The first-order valence-electron chi connectivity index (χ1n) is 6.28. The Morgan fingerprint density at radius 2 is 2.19 bits per heavy atom. The summed E-state index contributed by atoms with van der Waals surface area (Å²) in [6.45, 7) is 10.2. The van der Waals surface area contributed by atoms with Gasteiger partial charge in [-0.25, -0.2) is 0 Å². The maximum absolute atomic E-state index is 3.74. The maximum atomic E-state index is 3.74. The summed E-state index contributed by atoms with van der Waals surface area (Å²) in [6.07, 6.45) is 4.09. The van der Waals surface area contributed by atoms with E-state index in [9.17, 15) is 0 Å². The Kier molecular flexibility index (Phi) is 3.41. The second-order valence-corrected chi connectivity index (χ2v) is 7.11. The van der Waals surface area contributed by atoms with Crippen LogP contribution in [0.15, 0.2) is 6.07 Å². The Balaban J connectivity index is 1.92. The van der Waals surface area contributed by atoms with Crippen LogP contribution in [0.4, 0.5) is 0 Å². The Labute approximate surface area is 103 Å². The number of thiophene rings is 1. The lowest BCUT2D eigenvalue weighted by Gasteiger charge is -2.27. The lowest BCUT2D eigenvalue weighted by atomic mass is 9.87. The van der Waals surface area contributed by atoms with E-state index in [2.05, 4.69) is 39.1 Å². The molecule has 1 heterocycles. The molecule has 1 unspecified atom stereocenters. The second kappa shape index (κ2) is 4.50. The van der Waals surface area contributed by atoms with Crippen molar-refractivity contribution < 1.29 is 0 Å². The van der Waals surface area contributed by atoms with Gasteiger partial charge in [0.2, 0.25) is 0 Å². The second-order valence-electron chi connectivity index (χ2n) is 5.77. The molecule has 1 fully saturated rings. The molecule has 1 aliphatic rings. The highest BCUT2D eigenvalue weighted by molar-refractivity contribution is 7.12. The van der Waals surface area contributed by atoms with Crippen LogP contribution in [0.2, 0.25) is 0 Å². The van der Waals surface area contributed by atoms with E-state index >= 15 is 0 Å². The molecule has 0 bridgehead atoms. The van der Waals surface area contributed by atoms with Gasteiger partial charge in [0.1, 0.15) is 0 Å². The van der Waals surface area contributed by atoms with Gasteiger partial charge in [0.15, 0.2) is 0 Å². The van der Waals surface area contributed by atoms with Crippen LogP contribution in [0, 0.1) is 19.3 Å². The van der Waals surface area contributed by atoms with Gasteiger partial charge in [0, 0.05) is 22.3 Å². The van der Waals surface area contributed by atoms with Crippen LogP contribution in [0.25, 0.3) is 0 Å². The predicted octanol–water partition coefficient (Wildman–Crippen LogP) is 4.03. The average Bonchev–Trinajstić information content (AvgIpc) is 2.68. The molecule has 0 radical (unpaired) electrons. The minimum Gasteiger partial charge on any atom is -0.309 e. The van der Waals surface area contributed by atoms with Gasteiger partial charge in [-0.3, -0.25) is 0 Å². The summed E-state index contributed by atoms with van der Waals surface area (Å²) in [4.78, 5) is 2.94. The van der Waals surface area contributed by atoms with Crippen LogP contribution < -0.4 is 5.32 Å². The molecular formula is C14H23NS. The van der Waals surface area contributed by atoms with Gasteiger partial charge in [0.25, 0.3) is 0 Å². The van der Waals surface area contributed by atoms with Crippen LogP contribution in [-0.4, -0.2) is 6.04 Å². The van der Waals surface area contributed by atoms with E-state index in [4.69, 9.17) is 0 Å². The summed E-state index contributed by atoms with van der Waals surface area (Å²) in [6, 6.07) is 3.03. The number of rotatable bonds is 3. The average molecular weight is 237 g/mol. The topological polar surface area (TPSA) is 12.0 Å². The van der Waals surface area contributed by atoms with Crippen molar-refractivity contribution in [1.82, 2.24) is 5.32 Å². The molecule has 0 amide bonds. The number of nitrogens with one attached hydrogen (secondary N) is 1. The molecule has 1 aromatic rings. The van der Waals surface area contributed by atoms with Crippen molar-refractivity contribution in [2.45, 2.75) is 59.5 Å². The van der Waals surface area contributed by atoms with E-state index in [1.807, 2.05) is 11.3 Å². The fraction of sp³-hybridized carbons (Fsp3) is 0.714. The van der Waals surface area contributed by atoms with E-state index in [-0.39, 0.29) is 0 Å². The minimum absolute atomic E-state index is 0.487. The van der Waals surface area contributed by atoms with Crippen molar-refractivity contribution in [3.05, 3.63) is 21.4 Å². The molecular weight excluding hydrogens is 214 g/mol. The van der Waals surface area contributed by atoms with Gasteiger partial charge in [-0.2, -0.15) is 0 Å². The summed E-state index contributed by atoms with van der Waals surface area (Å²) in [7, 11) is 0. The van der Waals surface area contributed by atoms with E-state index < -0.39 is 0 Å². The molecule has 0 saturated heterocycles.